The minimum absolute atomic E-state index is 0.719. The highest BCUT2D eigenvalue weighted by molar-refractivity contribution is 6.30. The zero-order chi connectivity index (χ0) is 16.7. The first-order valence-electron chi connectivity index (χ1n) is 7.82. The van der Waals surface area contributed by atoms with Gasteiger partial charge in [0, 0.05) is 16.3 Å². The molecular formula is C20H16ClN3. The van der Waals surface area contributed by atoms with E-state index in [4.69, 9.17) is 21.7 Å². The molecule has 0 N–H and O–H groups in total. The van der Waals surface area contributed by atoms with Gasteiger partial charge in [0.25, 0.3) is 0 Å². The van der Waals surface area contributed by atoms with E-state index in [-0.39, 0.29) is 0 Å². The van der Waals surface area contributed by atoms with Gasteiger partial charge in [-0.3, -0.25) is 0 Å². The van der Waals surface area contributed by atoms with Crippen LogP contribution in [-0.2, 0) is 0 Å². The summed E-state index contributed by atoms with van der Waals surface area (Å²) in [5.74, 6) is 0. The van der Waals surface area contributed by atoms with E-state index in [9.17, 15) is 0 Å². The van der Waals surface area contributed by atoms with E-state index in [0.29, 0.717) is 0 Å². The molecule has 4 rings (SSSR count). The summed E-state index contributed by atoms with van der Waals surface area (Å²) in [5, 5.41) is 6.67. The molecular weight excluding hydrogens is 318 g/mol. The van der Waals surface area contributed by atoms with E-state index in [1.54, 1.807) is 0 Å². The molecule has 3 nitrogen and oxygen atoms in total. The average molecular weight is 334 g/mol. The van der Waals surface area contributed by atoms with Gasteiger partial charge < -0.3 is 0 Å². The second-order valence-corrected chi connectivity index (χ2v) is 6.32. The maximum atomic E-state index is 6.03. The quantitative estimate of drug-likeness (QED) is 0.494. The Bertz CT molecular complexity index is 1020. The van der Waals surface area contributed by atoms with Crippen LogP contribution >= 0.6 is 11.6 Å². The zero-order valence-electron chi connectivity index (χ0n) is 13.5. The topological polar surface area (TPSA) is 30.7 Å². The Morgan fingerprint density at radius 1 is 0.917 bits per heavy atom. The number of aromatic nitrogens is 3. The standard InChI is InChI=1S/C20H16ClN3/c1-13-12-14(2)22-20-18(13)19(15-8-10-16(21)11-9-15)23-24(20)17-6-4-3-5-7-17/h3-12H,1-2H3. The van der Waals surface area contributed by atoms with Gasteiger partial charge in [-0.05, 0) is 49.7 Å². The fraction of sp³-hybridized carbons (Fsp3) is 0.100. The molecule has 24 heavy (non-hydrogen) atoms. The van der Waals surface area contributed by atoms with Crippen LogP contribution in [0.2, 0.25) is 5.02 Å². The lowest BCUT2D eigenvalue weighted by Crippen LogP contribution is -1.98. The molecule has 0 atom stereocenters. The summed E-state index contributed by atoms with van der Waals surface area (Å²) < 4.78 is 1.92. The van der Waals surface area contributed by atoms with Crippen molar-refractivity contribution >= 4 is 22.6 Å². The molecule has 2 aromatic carbocycles. The second kappa shape index (κ2) is 5.77. The van der Waals surface area contributed by atoms with Gasteiger partial charge in [-0.1, -0.05) is 41.9 Å². The third-order valence-corrected chi connectivity index (χ3v) is 4.33. The monoisotopic (exact) mass is 333 g/mol. The van der Waals surface area contributed by atoms with Crippen molar-refractivity contribution in [2.24, 2.45) is 0 Å². The van der Waals surface area contributed by atoms with E-state index >= 15 is 0 Å². The molecule has 0 radical (unpaired) electrons. The number of para-hydroxylation sites is 1. The van der Waals surface area contributed by atoms with Gasteiger partial charge in [0.2, 0.25) is 0 Å². The van der Waals surface area contributed by atoms with Crippen molar-refractivity contribution in [3.63, 3.8) is 0 Å². The lowest BCUT2D eigenvalue weighted by molar-refractivity contribution is 0.898. The second-order valence-electron chi connectivity index (χ2n) is 5.88. The number of benzene rings is 2. The summed E-state index contributed by atoms with van der Waals surface area (Å²) in [6.07, 6.45) is 0. The van der Waals surface area contributed by atoms with Crippen molar-refractivity contribution in [3.05, 3.63) is 76.9 Å². The lowest BCUT2D eigenvalue weighted by Gasteiger charge is -2.04. The Labute approximate surface area is 145 Å². The molecule has 4 heteroatoms. The van der Waals surface area contributed by atoms with Crippen LogP contribution in [-0.4, -0.2) is 14.8 Å². The van der Waals surface area contributed by atoms with Crippen LogP contribution in [0.3, 0.4) is 0 Å². The molecule has 0 amide bonds. The zero-order valence-corrected chi connectivity index (χ0v) is 14.2. The van der Waals surface area contributed by atoms with E-state index in [0.717, 1.165) is 38.7 Å². The molecule has 0 bridgehead atoms. The van der Waals surface area contributed by atoms with Crippen molar-refractivity contribution in [2.75, 3.05) is 0 Å². The van der Waals surface area contributed by atoms with Gasteiger partial charge in [0.15, 0.2) is 5.65 Å². The molecule has 0 fully saturated rings. The van der Waals surface area contributed by atoms with Crippen LogP contribution in [0.5, 0.6) is 0 Å². The molecule has 0 saturated heterocycles. The van der Waals surface area contributed by atoms with Crippen LogP contribution in [0.4, 0.5) is 0 Å². The Balaban J connectivity index is 2.06. The van der Waals surface area contributed by atoms with E-state index in [1.165, 1.54) is 5.56 Å². The van der Waals surface area contributed by atoms with E-state index in [2.05, 4.69) is 13.0 Å². The predicted molar refractivity (Wildman–Crippen MR) is 98.8 cm³/mol. The Kier molecular flexibility index (Phi) is 3.58. The van der Waals surface area contributed by atoms with Crippen molar-refractivity contribution in [3.8, 4) is 16.9 Å². The molecule has 4 aromatic rings. The van der Waals surface area contributed by atoms with Crippen molar-refractivity contribution in [1.82, 2.24) is 14.8 Å². The minimum Gasteiger partial charge on any atom is -0.233 e. The number of aryl methyl sites for hydroxylation is 2. The Morgan fingerprint density at radius 2 is 1.62 bits per heavy atom. The number of fused-ring (bicyclic) bond motifs is 1. The van der Waals surface area contributed by atoms with Gasteiger partial charge in [0.05, 0.1) is 11.1 Å². The highest BCUT2D eigenvalue weighted by Crippen LogP contribution is 2.32. The third kappa shape index (κ3) is 2.47. The number of hydrogen-bond acceptors (Lipinski definition) is 2. The van der Waals surface area contributed by atoms with Gasteiger partial charge in [-0.15, -0.1) is 0 Å². The number of pyridine rings is 1. The fourth-order valence-electron chi connectivity index (χ4n) is 3.02. The molecule has 0 aliphatic heterocycles. The summed E-state index contributed by atoms with van der Waals surface area (Å²) in [6.45, 7) is 4.12. The molecule has 0 saturated carbocycles. The highest BCUT2D eigenvalue weighted by Gasteiger charge is 2.17. The maximum Gasteiger partial charge on any atom is 0.164 e. The van der Waals surface area contributed by atoms with Crippen LogP contribution in [0.1, 0.15) is 11.3 Å². The molecule has 0 spiro atoms. The highest BCUT2D eigenvalue weighted by atomic mass is 35.5. The molecule has 0 aliphatic carbocycles. The first-order valence-corrected chi connectivity index (χ1v) is 8.19. The Hall–Kier alpha value is -2.65. The largest absolute Gasteiger partial charge is 0.233 e. The summed E-state index contributed by atoms with van der Waals surface area (Å²) in [7, 11) is 0. The van der Waals surface area contributed by atoms with Crippen LogP contribution in [0, 0.1) is 13.8 Å². The first-order chi connectivity index (χ1) is 11.6. The minimum atomic E-state index is 0.719. The van der Waals surface area contributed by atoms with Crippen molar-refractivity contribution in [2.45, 2.75) is 13.8 Å². The van der Waals surface area contributed by atoms with Gasteiger partial charge in [0.1, 0.15) is 5.69 Å². The van der Waals surface area contributed by atoms with Gasteiger partial charge in [-0.25, -0.2) is 9.67 Å². The molecule has 118 valence electrons. The smallest absolute Gasteiger partial charge is 0.164 e. The number of rotatable bonds is 2. The number of nitrogens with zero attached hydrogens (tertiary/aromatic N) is 3. The van der Waals surface area contributed by atoms with Gasteiger partial charge in [-0.2, -0.15) is 5.10 Å². The summed E-state index contributed by atoms with van der Waals surface area (Å²) in [5.41, 5.74) is 6.00. The summed E-state index contributed by atoms with van der Waals surface area (Å²) in [4.78, 5) is 4.75. The predicted octanol–water partition coefficient (Wildman–Crippen LogP) is 5.36. The normalized spacial score (nSPS) is 11.1. The van der Waals surface area contributed by atoms with Crippen molar-refractivity contribution in [1.29, 1.82) is 0 Å². The first kappa shape index (κ1) is 14.9. The fourth-order valence-corrected chi connectivity index (χ4v) is 3.15. The van der Waals surface area contributed by atoms with Gasteiger partial charge >= 0.3 is 0 Å². The van der Waals surface area contributed by atoms with E-state index < -0.39 is 0 Å². The third-order valence-electron chi connectivity index (χ3n) is 4.08. The molecule has 2 heterocycles. The molecule has 0 unspecified atom stereocenters. The van der Waals surface area contributed by atoms with Crippen LogP contribution < -0.4 is 0 Å². The molecule has 2 aromatic heterocycles. The van der Waals surface area contributed by atoms with Crippen molar-refractivity contribution < 1.29 is 0 Å². The number of hydrogen-bond donors (Lipinski definition) is 0. The summed E-state index contributed by atoms with van der Waals surface area (Å²) >= 11 is 6.03. The average Bonchev–Trinajstić information content (AvgIpc) is 2.96. The lowest BCUT2D eigenvalue weighted by atomic mass is 10.1. The maximum absolute atomic E-state index is 6.03. The van der Waals surface area contributed by atoms with Crippen LogP contribution in [0.15, 0.2) is 60.7 Å². The summed E-state index contributed by atoms with van der Waals surface area (Å²) in [6, 6.07) is 20.0. The van der Waals surface area contributed by atoms with E-state index in [1.807, 2.05) is 66.2 Å². The van der Waals surface area contributed by atoms with Crippen LogP contribution in [0.25, 0.3) is 28.0 Å². The Morgan fingerprint density at radius 3 is 2.33 bits per heavy atom. The molecule has 0 aliphatic rings. The number of halogens is 1. The SMILES string of the molecule is Cc1cc(C)c2c(-c3ccc(Cl)cc3)nn(-c3ccccc3)c2n1.